The van der Waals surface area contributed by atoms with Gasteiger partial charge in [0.1, 0.15) is 30.0 Å². The van der Waals surface area contributed by atoms with Crippen molar-refractivity contribution in [1.82, 2.24) is 4.98 Å². The zero-order valence-corrected chi connectivity index (χ0v) is 25.2. The molecule has 1 fully saturated rings. The Labute approximate surface area is 256 Å². The molecule has 2 N–H and O–H groups in total. The molecule has 7 nitrogen and oxygen atoms in total. The molecule has 1 unspecified atom stereocenters. The van der Waals surface area contributed by atoms with Gasteiger partial charge >= 0.3 is 0 Å². The number of hydrogen-bond donors (Lipinski definition) is 2. The predicted molar refractivity (Wildman–Crippen MR) is 169 cm³/mol. The van der Waals surface area contributed by atoms with E-state index in [0.717, 1.165) is 18.6 Å². The van der Waals surface area contributed by atoms with Gasteiger partial charge in [-0.2, -0.15) is 5.26 Å². The third-order valence-electron chi connectivity index (χ3n) is 6.57. The van der Waals surface area contributed by atoms with E-state index in [-0.39, 0.29) is 18.3 Å². The summed E-state index contributed by atoms with van der Waals surface area (Å²) in [6.07, 6.45) is 3.84. The molecule has 0 spiro atoms. The summed E-state index contributed by atoms with van der Waals surface area (Å²) in [6.45, 7) is 2.45. The number of anilines is 3. The van der Waals surface area contributed by atoms with Crippen LogP contribution in [0.4, 0.5) is 21.5 Å². The van der Waals surface area contributed by atoms with E-state index in [0.29, 0.717) is 73.9 Å². The molecule has 1 aliphatic heterocycles. The number of halogens is 2. The molecule has 5 rings (SSSR count). The van der Waals surface area contributed by atoms with Crippen LogP contribution < -0.4 is 20.1 Å². The number of nitrogens with one attached hydrogen (secondary N) is 2. The Bertz CT molecular complexity index is 1640. The molecule has 42 heavy (non-hydrogen) atoms. The van der Waals surface area contributed by atoms with Gasteiger partial charge in [-0.1, -0.05) is 45.3 Å². The highest BCUT2D eigenvalue weighted by atomic mass is 35.5. The second-order valence-corrected chi connectivity index (χ2v) is 12.8. The lowest BCUT2D eigenvalue weighted by molar-refractivity contribution is -0.116. The maximum atomic E-state index is 13.5. The van der Waals surface area contributed by atoms with E-state index in [1.54, 1.807) is 42.5 Å². The fourth-order valence-corrected chi connectivity index (χ4v) is 7.72. The molecular weight excluding hydrogens is 595 g/mol. The number of ether oxygens (including phenoxy) is 2. The Morgan fingerprint density at radius 2 is 2.07 bits per heavy atom. The third-order valence-corrected chi connectivity index (χ3v) is 9.87. The van der Waals surface area contributed by atoms with E-state index >= 15 is 0 Å². The molecule has 1 atom stereocenters. The number of fused-ring (bicyclic) bond motifs is 1. The van der Waals surface area contributed by atoms with E-state index in [2.05, 4.69) is 21.7 Å². The van der Waals surface area contributed by atoms with Crippen molar-refractivity contribution in [2.24, 2.45) is 0 Å². The zero-order valence-electron chi connectivity index (χ0n) is 22.8. The highest BCUT2D eigenvalue weighted by Crippen LogP contribution is 2.40. The summed E-state index contributed by atoms with van der Waals surface area (Å²) in [6, 6.07) is 17.1. The van der Waals surface area contributed by atoms with E-state index in [1.165, 1.54) is 18.3 Å². The summed E-state index contributed by atoms with van der Waals surface area (Å²) < 4.78 is 25.1. The summed E-state index contributed by atoms with van der Waals surface area (Å²) in [7, 11) is 3.70. The first-order valence-corrected chi connectivity index (χ1v) is 16.2. The average Bonchev–Trinajstić information content (AvgIpc) is 3.50. The molecule has 11 heteroatoms. The summed E-state index contributed by atoms with van der Waals surface area (Å²) >= 11 is 6.52. The van der Waals surface area contributed by atoms with Gasteiger partial charge < -0.3 is 20.1 Å². The van der Waals surface area contributed by atoms with Crippen LogP contribution in [0.1, 0.15) is 37.3 Å². The largest absolute Gasteiger partial charge is 0.492 e. The summed E-state index contributed by atoms with van der Waals surface area (Å²) in [5, 5.41) is 17.7. The fraction of sp³-hybridized carbons (Fsp3) is 0.258. The van der Waals surface area contributed by atoms with Crippen molar-refractivity contribution in [1.29, 1.82) is 5.26 Å². The second-order valence-electron chi connectivity index (χ2n) is 9.56. The average molecular weight is 623 g/mol. The quantitative estimate of drug-likeness (QED) is 0.161. The van der Waals surface area contributed by atoms with Gasteiger partial charge in [0, 0.05) is 40.8 Å². The number of aromatic nitrogens is 1. The molecule has 3 aromatic carbocycles. The van der Waals surface area contributed by atoms with Gasteiger partial charge in [-0.3, -0.25) is 9.78 Å². The van der Waals surface area contributed by atoms with E-state index < -0.39 is 0 Å². The van der Waals surface area contributed by atoms with Crippen molar-refractivity contribution >= 4 is 67.1 Å². The first-order chi connectivity index (χ1) is 20.4. The smallest absolute Gasteiger partial charge is 0.224 e. The number of carbonyl (C=O) groups is 1. The van der Waals surface area contributed by atoms with Crippen LogP contribution in [0.15, 0.2) is 60.8 Å². The SMILES string of the molecule is CCOc1cc2ncc(C#N)c(Nc3ccc(OCc4cccc(F)c4)c(Cl)c3)c2cc1NC(=O)CCC1CCSS1. The van der Waals surface area contributed by atoms with Gasteiger partial charge in [-0.05, 0) is 61.7 Å². The standard InChI is InChI=1S/C31H28ClFN4O3S2/c1-2-39-29-15-26-24(14-27(29)37-30(38)9-7-23-10-11-41-42-23)31(20(16-34)17-35-26)36-22-6-8-28(25(32)13-22)40-18-19-4-3-5-21(33)12-19/h3-6,8,12-15,17,23H,2,7,9-11,18H2,1H3,(H,35,36)(H,37,38). The van der Waals surface area contributed by atoms with Crippen molar-refractivity contribution in [2.75, 3.05) is 23.0 Å². The first-order valence-electron chi connectivity index (χ1n) is 13.4. The fourth-order valence-electron chi connectivity index (χ4n) is 4.51. The van der Waals surface area contributed by atoms with E-state index in [9.17, 15) is 14.4 Å². The van der Waals surface area contributed by atoms with E-state index in [4.69, 9.17) is 21.1 Å². The number of pyridine rings is 1. The van der Waals surface area contributed by atoms with Crippen molar-refractivity contribution in [3.63, 3.8) is 0 Å². The van der Waals surface area contributed by atoms with Crippen molar-refractivity contribution < 1.29 is 18.7 Å². The lowest BCUT2D eigenvalue weighted by Gasteiger charge is -2.17. The van der Waals surface area contributed by atoms with Crippen molar-refractivity contribution in [3.05, 3.63) is 82.8 Å². The summed E-state index contributed by atoms with van der Waals surface area (Å²) in [5.74, 6) is 1.64. The van der Waals surface area contributed by atoms with Crippen LogP contribution >= 0.6 is 33.2 Å². The molecule has 0 bridgehead atoms. The number of amides is 1. The number of carbonyl (C=O) groups excluding carboxylic acids is 1. The molecule has 1 amide bonds. The molecule has 1 aromatic heterocycles. The maximum Gasteiger partial charge on any atom is 0.224 e. The highest BCUT2D eigenvalue weighted by molar-refractivity contribution is 8.77. The van der Waals surface area contributed by atoms with Gasteiger partial charge in [0.2, 0.25) is 5.91 Å². The van der Waals surface area contributed by atoms with Crippen LogP contribution in [0.2, 0.25) is 5.02 Å². The summed E-state index contributed by atoms with van der Waals surface area (Å²) in [5.41, 5.74) is 3.25. The minimum Gasteiger partial charge on any atom is -0.492 e. The molecule has 4 aromatic rings. The Kier molecular flexibility index (Phi) is 9.95. The molecule has 0 radical (unpaired) electrons. The van der Waals surface area contributed by atoms with E-state index in [1.807, 2.05) is 28.5 Å². The van der Waals surface area contributed by atoms with Gasteiger partial charge in [0.15, 0.2) is 0 Å². The molecule has 0 saturated carbocycles. The Hall–Kier alpha value is -3.65. The first kappa shape index (κ1) is 29.8. The number of hydrogen-bond acceptors (Lipinski definition) is 8. The number of nitrogens with zero attached hydrogens (tertiary/aromatic N) is 2. The molecule has 0 aliphatic carbocycles. The molecular formula is C31H28ClFN4O3S2. The lowest BCUT2D eigenvalue weighted by atomic mass is 10.1. The molecule has 1 aliphatic rings. The van der Waals surface area contributed by atoms with Crippen LogP contribution in [-0.2, 0) is 11.4 Å². The topological polar surface area (TPSA) is 96.3 Å². The highest BCUT2D eigenvalue weighted by Gasteiger charge is 2.19. The monoisotopic (exact) mass is 622 g/mol. The lowest BCUT2D eigenvalue weighted by Crippen LogP contribution is -2.14. The minimum atomic E-state index is -0.335. The van der Waals surface area contributed by atoms with Crippen molar-refractivity contribution in [2.45, 2.75) is 38.0 Å². The number of benzene rings is 3. The van der Waals surface area contributed by atoms with Crippen molar-refractivity contribution in [3.8, 4) is 17.6 Å². The van der Waals surface area contributed by atoms with Crippen LogP contribution in [0.3, 0.4) is 0 Å². The summed E-state index contributed by atoms with van der Waals surface area (Å²) in [4.78, 5) is 17.3. The minimum absolute atomic E-state index is 0.0904. The number of rotatable bonds is 11. The normalized spacial score (nSPS) is 14.4. The van der Waals surface area contributed by atoms with Gasteiger partial charge in [0.05, 0.1) is 34.1 Å². The molecule has 1 saturated heterocycles. The Morgan fingerprint density at radius 1 is 1.19 bits per heavy atom. The van der Waals surface area contributed by atoms with Crippen LogP contribution in [0.5, 0.6) is 11.5 Å². The molecule has 2 heterocycles. The molecule has 216 valence electrons. The third kappa shape index (κ3) is 7.40. The second kappa shape index (κ2) is 14.0. The van der Waals surface area contributed by atoms with Gasteiger partial charge in [-0.15, -0.1) is 0 Å². The van der Waals surface area contributed by atoms with Crippen LogP contribution in [0.25, 0.3) is 10.9 Å². The Balaban J connectivity index is 1.39. The number of nitriles is 1. The van der Waals surface area contributed by atoms with Gasteiger partial charge in [0.25, 0.3) is 0 Å². The predicted octanol–water partition coefficient (Wildman–Crippen LogP) is 8.49. The zero-order chi connectivity index (χ0) is 29.5. The maximum absolute atomic E-state index is 13.5. The van der Waals surface area contributed by atoms with Gasteiger partial charge in [-0.25, -0.2) is 4.39 Å². The Morgan fingerprint density at radius 3 is 2.81 bits per heavy atom. The van der Waals surface area contributed by atoms with Crippen LogP contribution in [-0.4, -0.2) is 28.5 Å². The van der Waals surface area contributed by atoms with Crippen LogP contribution in [0, 0.1) is 17.1 Å².